The molecule has 0 aliphatic carbocycles. The lowest BCUT2D eigenvalue weighted by Gasteiger charge is -2.20. The third-order valence-electron chi connectivity index (χ3n) is 2.42. The van der Waals surface area contributed by atoms with Gasteiger partial charge in [0.05, 0.1) is 0 Å². The van der Waals surface area contributed by atoms with E-state index in [2.05, 4.69) is 29.1 Å². The molecule has 1 heterocycles. The van der Waals surface area contributed by atoms with Gasteiger partial charge in [0.25, 0.3) is 0 Å². The molecule has 72 valence electrons. The first-order valence-corrected chi connectivity index (χ1v) is 4.73. The molecule has 2 unspecified atom stereocenters. The van der Waals surface area contributed by atoms with Gasteiger partial charge in [0.2, 0.25) is 0 Å². The van der Waals surface area contributed by atoms with Gasteiger partial charge in [-0.05, 0) is 26.5 Å². The SMILES string of the molecule is CCC(c1ncccn1)C(C)NC. The van der Waals surface area contributed by atoms with Crippen molar-refractivity contribution < 1.29 is 0 Å². The normalized spacial score (nSPS) is 15.3. The van der Waals surface area contributed by atoms with Crippen LogP contribution in [0, 0.1) is 0 Å². The third kappa shape index (κ3) is 2.49. The van der Waals surface area contributed by atoms with E-state index >= 15 is 0 Å². The average molecular weight is 179 g/mol. The predicted molar refractivity (Wildman–Crippen MR) is 53.6 cm³/mol. The Morgan fingerprint density at radius 1 is 1.38 bits per heavy atom. The maximum absolute atomic E-state index is 4.27. The van der Waals surface area contributed by atoms with Gasteiger partial charge in [0.15, 0.2) is 0 Å². The summed E-state index contributed by atoms with van der Waals surface area (Å²) in [5, 5.41) is 3.23. The molecule has 0 aliphatic heterocycles. The Kier molecular flexibility index (Phi) is 3.83. The molecule has 3 nitrogen and oxygen atoms in total. The first-order chi connectivity index (χ1) is 6.29. The van der Waals surface area contributed by atoms with Gasteiger partial charge in [-0.2, -0.15) is 0 Å². The van der Waals surface area contributed by atoms with Crippen molar-refractivity contribution in [2.24, 2.45) is 0 Å². The zero-order chi connectivity index (χ0) is 9.68. The maximum atomic E-state index is 4.27. The van der Waals surface area contributed by atoms with Crippen LogP contribution in [0.2, 0.25) is 0 Å². The second-order valence-electron chi connectivity index (χ2n) is 3.20. The Hall–Kier alpha value is -0.960. The van der Waals surface area contributed by atoms with Crippen LogP contribution in [0.25, 0.3) is 0 Å². The van der Waals surface area contributed by atoms with Crippen LogP contribution in [0.1, 0.15) is 32.0 Å². The number of nitrogens with one attached hydrogen (secondary N) is 1. The smallest absolute Gasteiger partial charge is 0.132 e. The molecule has 1 rings (SSSR count). The zero-order valence-electron chi connectivity index (χ0n) is 8.49. The van der Waals surface area contributed by atoms with Crippen LogP contribution < -0.4 is 5.32 Å². The quantitative estimate of drug-likeness (QED) is 0.762. The summed E-state index contributed by atoms with van der Waals surface area (Å²) in [6.45, 7) is 4.32. The lowest BCUT2D eigenvalue weighted by molar-refractivity contribution is 0.464. The Bertz CT molecular complexity index is 235. The Labute approximate surface area is 79.6 Å². The lowest BCUT2D eigenvalue weighted by atomic mass is 9.97. The summed E-state index contributed by atoms with van der Waals surface area (Å²) in [4.78, 5) is 8.54. The van der Waals surface area contributed by atoms with E-state index in [1.807, 2.05) is 13.1 Å². The zero-order valence-corrected chi connectivity index (χ0v) is 8.49. The van der Waals surface area contributed by atoms with Crippen LogP contribution in [0.5, 0.6) is 0 Å². The number of hydrogen-bond donors (Lipinski definition) is 1. The van der Waals surface area contributed by atoms with Gasteiger partial charge in [-0.3, -0.25) is 0 Å². The van der Waals surface area contributed by atoms with Crippen molar-refractivity contribution in [3.63, 3.8) is 0 Å². The second-order valence-corrected chi connectivity index (χ2v) is 3.20. The molecule has 0 amide bonds. The standard InChI is InChI=1S/C10H17N3/c1-4-9(8(2)11-3)10-12-6-5-7-13-10/h5-9,11H,4H2,1-3H3. The first kappa shape index (κ1) is 10.1. The average Bonchev–Trinajstić information content (AvgIpc) is 2.20. The van der Waals surface area contributed by atoms with Gasteiger partial charge < -0.3 is 5.32 Å². The molecule has 1 aromatic rings. The highest BCUT2D eigenvalue weighted by Gasteiger charge is 2.17. The van der Waals surface area contributed by atoms with Gasteiger partial charge >= 0.3 is 0 Å². The molecule has 0 spiro atoms. The molecule has 0 fully saturated rings. The number of rotatable bonds is 4. The van der Waals surface area contributed by atoms with Crippen molar-refractivity contribution in [2.45, 2.75) is 32.2 Å². The summed E-state index contributed by atoms with van der Waals surface area (Å²) in [6, 6.07) is 2.27. The molecule has 0 saturated carbocycles. The van der Waals surface area contributed by atoms with Crippen LogP contribution in [0.15, 0.2) is 18.5 Å². The van der Waals surface area contributed by atoms with Crippen LogP contribution in [0.4, 0.5) is 0 Å². The topological polar surface area (TPSA) is 37.8 Å². The van der Waals surface area contributed by atoms with Crippen molar-refractivity contribution in [3.8, 4) is 0 Å². The molecule has 0 bridgehead atoms. The third-order valence-corrected chi connectivity index (χ3v) is 2.42. The van der Waals surface area contributed by atoms with E-state index in [0.29, 0.717) is 12.0 Å². The van der Waals surface area contributed by atoms with Crippen molar-refractivity contribution in [3.05, 3.63) is 24.3 Å². The Balaban J connectivity index is 2.78. The van der Waals surface area contributed by atoms with Gasteiger partial charge in [0, 0.05) is 24.4 Å². The van der Waals surface area contributed by atoms with E-state index < -0.39 is 0 Å². The predicted octanol–water partition coefficient (Wildman–Crippen LogP) is 1.58. The molecule has 0 aromatic carbocycles. The van der Waals surface area contributed by atoms with Crippen molar-refractivity contribution in [2.75, 3.05) is 7.05 Å². The fourth-order valence-corrected chi connectivity index (χ4v) is 1.46. The largest absolute Gasteiger partial charge is 0.317 e. The second kappa shape index (κ2) is 4.92. The van der Waals surface area contributed by atoms with Crippen molar-refractivity contribution in [1.29, 1.82) is 0 Å². The van der Waals surface area contributed by atoms with Gasteiger partial charge in [-0.15, -0.1) is 0 Å². The highest BCUT2D eigenvalue weighted by Crippen LogP contribution is 2.18. The van der Waals surface area contributed by atoms with Crippen molar-refractivity contribution >= 4 is 0 Å². The van der Waals surface area contributed by atoms with Gasteiger partial charge in [-0.25, -0.2) is 9.97 Å². The summed E-state index contributed by atoms with van der Waals surface area (Å²) in [7, 11) is 1.97. The molecule has 13 heavy (non-hydrogen) atoms. The molecule has 0 saturated heterocycles. The van der Waals surface area contributed by atoms with E-state index in [-0.39, 0.29) is 0 Å². The van der Waals surface area contributed by atoms with E-state index in [4.69, 9.17) is 0 Å². The number of aromatic nitrogens is 2. The fourth-order valence-electron chi connectivity index (χ4n) is 1.46. The van der Waals surface area contributed by atoms with E-state index in [1.165, 1.54) is 0 Å². The molecule has 0 aliphatic rings. The van der Waals surface area contributed by atoms with E-state index in [1.54, 1.807) is 12.4 Å². The summed E-state index contributed by atoms with van der Waals surface area (Å²) in [5.74, 6) is 1.35. The minimum Gasteiger partial charge on any atom is -0.317 e. The van der Waals surface area contributed by atoms with Crippen molar-refractivity contribution in [1.82, 2.24) is 15.3 Å². The van der Waals surface area contributed by atoms with E-state index in [9.17, 15) is 0 Å². The highest BCUT2D eigenvalue weighted by atomic mass is 14.9. The number of nitrogens with zero attached hydrogens (tertiary/aromatic N) is 2. The molecule has 0 radical (unpaired) electrons. The minimum absolute atomic E-state index is 0.409. The molecule has 3 heteroatoms. The molecule has 1 aromatic heterocycles. The number of hydrogen-bond acceptors (Lipinski definition) is 3. The van der Waals surface area contributed by atoms with Crippen LogP contribution in [-0.4, -0.2) is 23.1 Å². The molecule has 2 atom stereocenters. The van der Waals surface area contributed by atoms with Gasteiger partial charge in [0.1, 0.15) is 5.82 Å². The Morgan fingerprint density at radius 3 is 2.46 bits per heavy atom. The van der Waals surface area contributed by atoms with Gasteiger partial charge in [-0.1, -0.05) is 6.92 Å². The summed E-state index contributed by atoms with van der Waals surface area (Å²) in [6.07, 6.45) is 4.66. The Morgan fingerprint density at radius 2 is 2.00 bits per heavy atom. The summed E-state index contributed by atoms with van der Waals surface area (Å²) in [5.41, 5.74) is 0. The first-order valence-electron chi connectivity index (χ1n) is 4.73. The molecular formula is C10H17N3. The van der Waals surface area contributed by atoms with Crippen LogP contribution >= 0.6 is 0 Å². The monoisotopic (exact) mass is 179 g/mol. The minimum atomic E-state index is 0.409. The summed E-state index contributed by atoms with van der Waals surface area (Å²) >= 11 is 0. The van der Waals surface area contributed by atoms with E-state index in [0.717, 1.165) is 12.2 Å². The van der Waals surface area contributed by atoms with Crippen LogP contribution in [0.3, 0.4) is 0 Å². The fraction of sp³-hybridized carbons (Fsp3) is 0.600. The van der Waals surface area contributed by atoms with Crippen LogP contribution in [-0.2, 0) is 0 Å². The lowest BCUT2D eigenvalue weighted by Crippen LogP contribution is -2.29. The number of likely N-dealkylation sites (N-methyl/N-ethyl adjacent to an activating group) is 1. The molecule has 1 N–H and O–H groups in total. The maximum Gasteiger partial charge on any atom is 0.132 e. The highest BCUT2D eigenvalue weighted by molar-refractivity contribution is 5.00. The summed E-state index contributed by atoms with van der Waals surface area (Å²) < 4.78 is 0. The molecular weight excluding hydrogens is 162 g/mol.